The van der Waals surface area contributed by atoms with Gasteiger partial charge < -0.3 is 9.64 Å². The number of ether oxygens (including phenoxy) is 1. The molecular weight excluding hydrogens is 366 g/mol. The van der Waals surface area contributed by atoms with Gasteiger partial charge in [-0.3, -0.25) is 0 Å². The standard InChI is InChI=1S/C19H24BrN3O/c1-5-23(4)13-21-18-12-17(20)19(22-15(18)3)24-14(2)11-16-9-7-6-8-10-16/h6-10,12-14H,5,11H2,1-4H3/t14-/m1/s1. The van der Waals surface area contributed by atoms with Crippen LogP contribution in [0.15, 0.2) is 45.9 Å². The van der Waals surface area contributed by atoms with Crippen LogP contribution in [0.3, 0.4) is 0 Å². The SMILES string of the molecule is CCN(C)C=Nc1cc(Br)c(O[C@H](C)Cc2ccccc2)nc1C. The molecule has 0 amide bonds. The first kappa shape index (κ1) is 18.5. The van der Waals surface area contributed by atoms with E-state index in [9.17, 15) is 0 Å². The molecule has 0 saturated carbocycles. The van der Waals surface area contributed by atoms with Gasteiger partial charge in [0.1, 0.15) is 6.10 Å². The Hall–Kier alpha value is -1.88. The molecule has 1 heterocycles. The van der Waals surface area contributed by atoms with Crippen molar-refractivity contribution in [3.63, 3.8) is 0 Å². The van der Waals surface area contributed by atoms with Crippen LogP contribution in [0.4, 0.5) is 5.69 Å². The van der Waals surface area contributed by atoms with Gasteiger partial charge >= 0.3 is 0 Å². The van der Waals surface area contributed by atoms with Crippen LogP contribution in [0, 0.1) is 6.92 Å². The Bertz CT molecular complexity index is 689. The molecule has 1 atom stereocenters. The van der Waals surface area contributed by atoms with E-state index < -0.39 is 0 Å². The Morgan fingerprint density at radius 2 is 2.04 bits per heavy atom. The normalized spacial score (nSPS) is 12.4. The van der Waals surface area contributed by atoms with E-state index in [0.717, 1.165) is 28.8 Å². The summed E-state index contributed by atoms with van der Waals surface area (Å²) in [5, 5.41) is 0. The maximum Gasteiger partial charge on any atom is 0.228 e. The highest BCUT2D eigenvalue weighted by molar-refractivity contribution is 9.10. The highest BCUT2D eigenvalue weighted by Gasteiger charge is 2.12. The predicted octanol–water partition coefficient (Wildman–Crippen LogP) is 4.77. The molecule has 24 heavy (non-hydrogen) atoms. The van der Waals surface area contributed by atoms with Gasteiger partial charge in [-0.25, -0.2) is 9.98 Å². The Kier molecular flexibility index (Phi) is 6.79. The molecule has 0 fully saturated rings. The second-order valence-corrected chi connectivity index (χ2v) is 6.67. The Labute approximate surface area is 152 Å². The molecule has 128 valence electrons. The lowest BCUT2D eigenvalue weighted by Gasteiger charge is -2.16. The van der Waals surface area contributed by atoms with E-state index >= 15 is 0 Å². The van der Waals surface area contributed by atoms with Crippen molar-refractivity contribution < 1.29 is 4.74 Å². The number of rotatable bonds is 7. The number of halogens is 1. The summed E-state index contributed by atoms with van der Waals surface area (Å²) in [5.74, 6) is 0.610. The van der Waals surface area contributed by atoms with Crippen molar-refractivity contribution in [3.05, 3.63) is 52.1 Å². The zero-order chi connectivity index (χ0) is 17.5. The minimum atomic E-state index is 0.0381. The summed E-state index contributed by atoms with van der Waals surface area (Å²) in [4.78, 5) is 11.0. The number of pyridine rings is 1. The average molecular weight is 390 g/mol. The summed E-state index contributed by atoms with van der Waals surface area (Å²) >= 11 is 3.54. The predicted molar refractivity (Wildman–Crippen MR) is 103 cm³/mol. The third kappa shape index (κ3) is 5.34. The second-order valence-electron chi connectivity index (χ2n) is 5.82. The van der Waals surface area contributed by atoms with Gasteiger partial charge in [0.25, 0.3) is 0 Å². The van der Waals surface area contributed by atoms with Crippen molar-refractivity contribution in [2.24, 2.45) is 4.99 Å². The van der Waals surface area contributed by atoms with Crippen molar-refractivity contribution >= 4 is 28.0 Å². The van der Waals surface area contributed by atoms with E-state index in [4.69, 9.17) is 4.74 Å². The number of benzene rings is 1. The molecule has 0 bridgehead atoms. The third-order valence-electron chi connectivity index (χ3n) is 3.68. The molecule has 0 spiro atoms. The Morgan fingerprint density at radius 1 is 1.33 bits per heavy atom. The van der Waals surface area contributed by atoms with Gasteiger partial charge in [0, 0.05) is 20.0 Å². The van der Waals surface area contributed by atoms with E-state index in [2.05, 4.69) is 51.9 Å². The molecule has 0 N–H and O–H groups in total. The molecule has 1 aromatic heterocycles. The molecule has 5 heteroatoms. The van der Waals surface area contributed by atoms with Crippen LogP contribution in [0.1, 0.15) is 25.1 Å². The van der Waals surface area contributed by atoms with E-state index in [-0.39, 0.29) is 6.10 Å². The van der Waals surface area contributed by atoms with Crippen molar-refractivity contribution in [3.8, 4) is 5.88 Å². The highest BCUT2D eigenvalue weighted by atomic mass is 79.9. The number of aromatic nitrogens is 1. The van der Waals surface area contributed by atoms with Gasteiger partial charge in [0.2, 0.25) is 5.88 Å². The van der Waals surface area contributed by atoms with Crippen LogP contribution < -0.4 is 4.74 Å². The number of hydrogen-bond acceptors (Lipinski definition) is 3. The van der Waals surface area contributed by atoms with E-state index in [1.165, 1.54) is 5.56 Å². The topological polar surface area (TPSA) is 37.7 Å². The summed E-state index contributed by atoms with van der Waals surface area (Å²) in [7, 11) is 1.99. The van der Waals surface area contributed by atoms with Gasteiger partial charge in [-0.2, -0.15) is 0 Å². The van der Waals surface area contributed by atoms with Crippen LogP contribution in [-0.4, -0.2) is 35.9 Å². The van der Waals surface area contributed by atoms with Gasteiger partial charge in [-0.1, -0.05) is 30.3 Å². The average Bonchev–Trinajstić information content (AvgIpc) is 2.57. The smallest absolute Gasteiger partial charge is 0.228 e. The molecule has 0 unspecified atom stereocenters. The van der Waals surface area contributed by atoms with Crippen LogP contribution in [-0.2, 0) is 6.42 Å². The van der Waals surface area contributed by atoms with Crippen molar-refractivity contribution in [1.29, 1.82) is 0 Å². The molecule has 2 rings (SSSR count). The first-order chi connectivity index (χ1) is 11.5. The lowest BCUT2D eigenvalue weighted by Crippen LogP contribution is -2.16. The monoisotopic (exact) mass is 389 g/mol. The van der Waals surface area contributed by atoms with Gasteiger partial charge in [-0.05, 0) is 48.3 Å². The second kappa shape index (κ2) is 8.83. The molecule has 1 aromatic carbocycles. The van der Waals surface area contributed by atoms with Crippen LogP contribution in [0.2, 0.25) is 0 Å². The molecule has 0 aliphatic rings. The van der Waals surface area contributed by atoms with Gasteiger partial charge in [0.05, 0.1) is 22.2 Å². The summed E-state index contributed by atoms with van der Waals surface area (Å²) in [6.45, 7) is 6.99. The van der Waals surface area contributed by atoms with Crippen LogP contribution in [0.25, 0.3) is 0 Å². The fraction of sp³-hybridized carbons (Fsp3) is 0.368. The molecule has 2 aromatic rings. The molecular formula is C19H24BrN3O. The zero-order valence-electron chi connectivity index (χ0n) is 14.7. The number of aryl methyl sites for hydroxylation is 1. The minimum Gasteiger partial charge on any atom is -0.473 e. The molecule has 0 aliphatic carbocycles. The summed E-state index contributed by atoms with van der Waals surface area (Å²) in [6, 6.07) is 12.3. The number of aliphatic imine (C=N–C) groups is 1. The first-order valence-corrected chi connectivity index (χ1v) is 8.91. The third-order valence-corrected chi connectivity index (χ3v) is 4.25. The molecule has 0 saturated heterocycles. The fourth-order valence-electron chi connectivity index (χ4n) is 2.18. The van der Waals surface area contributed by atoms with Crippen molar-refractivity contribution in [2.45, 2.75) is 33.3 Å². The first-order valence-electron chi connectivity index (χ1n) is 8.11. The minimum absolute atomic E-state index is 0.0381. The Balaban J connectivity index is 2.08. The van der Waals surface area contributed by atoms with Gasteiger partial charge in [0.15, 0.2) is 0 Å². The maximum absolute atomic E-state index is 6.01. The summed E-state index contributed by atoms with van der Waals surface area (Å²) in [5.41, 5.74) is 2.94. The van der Waals surface area contributed by atoms with E-state index in [1.54, 1.807) is 0 Å². The fourth-order valence-corrected chi connectivity index (χ4v) is 2.58. The number of nitrogens with zero attached hydrogens (tertiary/aromatic N) is 3. The molecule has 0 radical (unpaired) electrons. The van der Waals surface area contributed by atoms with Crippen molar-refractivity contribution in [1.82, 2.24) is 9.88 Å². The van der Waals surface area contributed by atoms with E-state index in [1.807, 2.05) is 49.5 Å². The van der Waals surface area contributed by atoms with Gasteiger partial charge in [-0.15, -0.1) is 0 Å². The maximum atomic E-state index is 6.01. The highest BCUT2D eigenvalue weighted by Crippen LogP contribution is 2.30. The summed E-state index contributed by atoms with van der Waals surface area (Å²) in [6.07, 6.45) is 2.70. The lowest BCUT2D eigenvalue weighted by atomic mass is 10.1. The Morgan fingerprint density at radius 3 is 2.71 bits per heavy atom. The quantitative estimate of drug-likeness (QED) is 0.505. The van der Waals surface area contributed by atoms with Crippen molar-refractivity contribution in [2.75, 3.05) is 13.6 Å². The number of hydrogen-bond donors (Lipinski definition) is 0. The van der Waals surface area contributed by atoms with Crippen LogP contribution >= 0.6 is 15.9 Å². The van der Waals surface area contributed by atoms with Crippen LogP contribution in [0.5, 0.6) is 5.88 Å². The molecule has 0 aliphatic heterocycles. The molecule has 4 nitrogen and oxygen atoms in total. The lowest BCUT2D eigenvalue weighted by molar-refractivity contribution is 0.211. The summed E-state index contributed by atoms with van der Waals surface area (Å²) < 4.78 is 6.83. The zero-order valence-corrected chi connectivity index (χ0v) is 16.2. The van der Waals surface area contributed by atoms with E-state index in [0.29, 0.717) is 5.88 Å². The largest absolute Gasteiger partial charge is 0.473 e.